The number of aromatic amines is 1. The molecule has 1 amide bonds. The normalized spacial score (nSPS) is 12.1. The lowest BCUT2D eigenvalue weighted by atomic mass is 10.1. The van der Waals surface area contributed by atoms with Crippen molar-refractivity contribution in [3.05, 3.63) is 54.0 Å². The Kier molecular flexibility index (Phi) is 4.35. The second-order valence-corrected chi connectivity index (χ2v) is 5.27. The van der Waals surface area contributed by atoms with Crippen molar-refractivity contribution < 1.29 is 4.79 Å². The molecular weight excluding hydrogens is 318 g/mol. The maximum absolute atomic E-state index is 12.1. The number of carbonyl (C=O) groups excluding carboxylic acids is 1. The molecule has 9 heteroatoms. The largest absolute Gasteiger partial charge is 0.348 e. The van der Waals surface area contributed by atoms with E-state index in [2.05, 4.69) is 25.4 Å². The lowest BCUT2D eigenvalue weighted by Gasteiger charge is -2.09. The van der Waals surface area contributed by atoms with E-state index in [9.17, 15) is 4.79 Å². The van der Waals surface area contributed by atoms with Crippen LogP contribution in [0.5, 0.6) is 0 Å². The number of imidazole rings is 1. The van der Waals surface area contributed by atoms with Gasteiger partial charge in [0.2, 0.25) is 5.91 Å². The van der Waals surface area contributed by atoms with E-state index in [0.29, 0.717) is 22.9 Å². The Balaban J connectivity index is 1.67. The van der Waals surface area contributed by atoms with Crippen LogP contribution in [-0.4, -0.2) is 36.7 Å². The van der Waals surface area contributed by atoms with Crippen molar-refractivity contribution in [3.8, 4) is 5.82 Å². The van der Waals surface area contributed by atoms with Crippen molar-refractivity contribution >= 4 is 23.2 Å². The summed E-state index contributed by atoms with van der Waals surface area (Å²) in [5.74, 6) is 0.169. The Morgan fingerprint density at radius 1 is 1.48 bits per heavy atom. The minimum absolute atomic E-state index is 0.314. The first kappa shape index (κ1) is 15.2. The Morgan fingerprint density at radius 3 is 3.09 bits per heavy atom. The molecule has 0 aliphatic heterocycles. The zero-order valence-electron chi connectivity index (χ0n) is 12.0. The fraction of sp³-hybridized carbons (Fsp3) is 0.143. The number of H-pyrrole nitrogens is 1. The number of nitrogens with two attached hydrogens (primary N) is 1. The van der Waals surface area contributed by atoms with Gasteiger partial charge in [-0.15, -0.1) is 0 Å². The highest BCUT2D eigenvalue weighted by Crippen LogP contribution is 2.18. The number of rotatable bonds is 5. The molecule has 3 rings (SSSR count). The summed E-state index contributed by atoms with van der Waals surface area (Å²) in [4.78, 5) is 23.0. The number of hydrogen-bond acceptors (Lipinski definition) is 5. The van der Waals surface area contributed by atoms with E-state index in [4.69, 9.17) is 17.3 Å². The highest BCUT2D eigenvalue weighted by molar-refractivity contribution is 6.32. The van der Waals surface area contributed by atoms with Crippen molar-refractivity contribution in [2.75, 3.05) is 5.32 Å². The SMILES string of the molecule is N[C@@H](Cc1cnc[nH]1)C(=O)Nc1cnn(-c2ncccc2Cl)c1. The van der Waals surface area contributed by atoms with Gasteiger partial charge in [-0.3, -0.25) is 4.79 Å². The van der Waals surface area contributed by atoms with Gasteiger partial charge in [0.05, 0.1) is 35.5 Å². The van der Waals surface area contributed by atoms with Gasteiger partial charge in [-0.2, -0.15) is 5.10 Å². The second-order valence-electron chi connectivity index (χ2n) is 4.86. The zero-order chi connectivity index (χ0) is 16.2. The number of amides is 1. The molecule has 0 aliphatic carbocycles. The summed E-state index contributed by atoms with van der Waals surface area (Å²) in [6, 6.07) is 2.74. The molecule has 0 saturated heterocycles. The van der Waals surface area contributed by atoms with Gasteiger partial charge in [-0.1, -0.05) is 11.6 Å². The summed E-state index contributed by atoms with van der Waals surface area (Å²) in [5.41, 5.74) is 7.18. The summed E-state index contributed by atoms with van der Waals surface area (Å²) in [6.45, 7) is 0. The molecule has 3 aromatic rings. The molecule has 0 fully saturated rings. The van der Waals surface area contributed by atoms with Gasteiger partial charge in [0.25, 0.3) is 0 Å². The van der Waals surface area contributed by atoms with Crippen molar-refractivity contribution in [3.63, 3.8) is 0 Å². The van der Waals surface area contributed by atoms with E-state index < -0.39 is 6.04 Å². The first-order valence-corrected chi connectivity index (χ1v) is 7.20. The van der Waals surface area contributed by atoms with Crippen LogP contribution in [0.25, 0.3) is 5.82 Å². The van der Waals surface area contributed by atoms with Crippen LogP contribution < -0.4 is 11.1 Å². The number of aromatic nitrogens is 5. The van der Waals surface area contributed by atoms with Crippen LogP contribution in [0.2, 0.25) is 5.02 Å². The number of anilines is 1. The summed E-state index contributed by atoms with van der Waals surface area (Å²) >= 11 is 6.06. The molecule has 23 heavy (non-hydrogen) atoms. The second kappa shape index (κ2) is 6.59. The molecule has 1 atom stereocenters. The fourth-order valence-electron chi connectivity index (χ4n) is 2.01. The molecular formula is C14H14ClN7O. The minimum Gasteiger partial charge on any atom is -0.348 e. The quantitative estimate of drug-likeness (QED) is 0.649. The van der Waals surface area contributed by atoms with E-state index in [1.807, 2.05) is 0 Å². The van der Waals surface area contributed by atoms with Gasteiger partial charge in [-0.05, 0) is 12.1 Å². The fourth-order valence-corrected chi connectivity index (χ4v) is 2.22. The standard InChI is InChI=1S/C14H14ClN7O/c15-11-2-1-3-18-13(11)22-7-10(6-20-22)21-14(23)12(16)4-9-5-17-8-19-9/h1-3,5-8,12H,4,16H2,(H,17,19)(H,21,23)/t12-/m0/s1. The van der Waals surface area contributed by atoms with Gasteiger partial charge < -0.3 is 16.0 Å². The van der Waals surface area contributed by atoms with E-state index in [1.165, 1.54) is 10.9 Å². The molecule has 0 unspecified atom stereocenters. The Bertz CT molecular complexity index is 799. The molecule has 0 aliphatic rings. The van der Waals surface area contributed by atoms with Crippen LogP contribution in [-0.2, 0) is 11.2 Å². The van der Waals surface area contributed by atoms with E-state index in [0.717, 1.165) is 5.69 Å². The van der Waals surface area contributed by atoms with Crippen LogP contribution in [0, 0.1) is 0 Å². The monoisotopic (exact) mass is 331 g/mol. The number of carbonyl (C=O) groups is 1. The van der Waals surface area contributed by atoms with Crippen molar-refractivity contribution in [1.29, 1.82) is 0 Å². The van der Waals surface area contributed by atoms with Gasteiger partial charge in [-0.25, -0.2) is 14.6 Å². The highest BCUT2D eigenvalue weighted by Gasteiger charge is 2.16. The van der Waals surface area contributed by atoms with Crippen LogP contribution in [0.4, 0.5) is 5.69 Å². The predicted molar refractivity (Wildman–Crippen MR) is 85.3 cm³/mol. The number of pyridine rings is 1. The summed E-state index contributed by atoms with van der Waals surface area (Å²) in [7, 11) is 0. The first-order chi connectivity index (χ1) is 11.1. The molecule has 0 bridgehead atoms. The predicted octanol–water partition coefficient (Wildman–Crippen LogP) is 1.15. The Morgan fingerprint density at radius 2 is 2.35 bits per heavy atom. The van der Waals surface area contributed by atoms with E-state index in [-0.39, 0.29) is 5.91 Å². The number of nitrogens with one attached hydrogen (secondary N) is 2. The van der Waals surface area contributed by atoms with Gasteiger partial charge in [0.1, 0.15) is 0 Å². The van der Waals surface area contributed by atoms with Crippen LogP contribution >= 0.6 is 11.6 Å². The minimum atomic E-state index is -0.697. The molecule has 0 radical (unpaired) electrons. The Labute approximate surface area is 136 Å². The number of nitrogens with zero attached hydrogens (tertiary/aromatic N) is 4. The third-order valence-electron chi connectivity index (χ3n) is 3.14. The van der Waals surface area contributed by atoms with Gasteiger partial charge in [0.15, 0.2) is 5.82 Å². The number of halogens is 1. The molecule has 0 saturated carbocycles. The summed E-state index contributed by atoms with van der Waals surface area (Å²) in [6.07, 6.45) is 8.28. The third kappa shape index (κ3) is 3.55. The smallest absolute Gasteiger partial charge is 0.241 e. The summed E-state index contributed by atoms with van der Waals surface area (Å²) < 4.78 is 1.48. The lowest BCUT2D eigenvalue weighted by molar-refractivity contribution is -0.117. The zero-order valence-corrected chi connectivity index (χ0v) is 12.7. The van der Waals surface area contributed by atoms with Crippen LogP contribution in [0.3, 0.4) is 0 Å². The van der Waals surface area contributed by atoms with E-state index in [1.54, 1.807) is 37.1 Å². The highest BCUT2D eigenvalue weighted by atomic mass is 35.5. The molecule has 3 heterocycles. The van der Waals surface area contributed by atoms with Gasteiger partial charge in [0, 0.05) is 24.5 Å². The molecule has 0 aromatic carbocycles. The Hall–Kier alpha value is -2.71. The first-order valence-electron chi connectivity index (χ1n) is 6.83. The summed E-state index contributed by atoms with van der Waals surface area (Å²) in [5, 5.41) is 7.31. The maximum Gasteiger partial charge on any atom is 0.241 e. The van der Waals surface area contributed by atoms with Crippen molar-refractivity contribution in [2.45, 2.75) is 12.5 Å². The maximum atomic E-state index is 12.1. The third-order valence-corrected chi connectivity index (χ3v) is 3.43. The molecule has 0 spiro atoms. The van der Waals surface area contributed by atoms with Crippen molar-refractivity contribution in [1.82, 2.24) is 24.7 Å². The van der Waals surface area contributed by atoms with E-state index >= 15 is 0 Å². The van der Waals surface area contributed by atoms with Crippen molar-refractivity contribution in [2.24, 2.45) is 5.73 Å². The van der Waals surface area contributed by atoms with Gasteiger partial charge >= 0.3 is 0 Å². The molecule has 118 valence electrons. The topological polar surface area (TPSA) is 115 Å². The molecule has 8 nitrogen and oxygen atoms in total. The lowest BCUT2D eigenvalue weighted by Crippen LogP contribution is -2.37. The van der Waals surface area contributed by atoms with Crippen LogP contribution in [0.15, 0.2) is 43.2 Å². The van der Waals surface area contributed by atoms with Crippen LogP contribution in [0.1, 0.15) is 5.69 Å². The molecule has 3 aromatic heterocycles. The average molecular weight is 332 g/mol. The number of hydrogen-bond donors (Lipinski definition) is 3. The average Bonchev–Trinajstić information content (AvgIpc) is 3.19. The molecule has 4 N–H and O–H groups in total.